The lowest BCUT2D eigenvalue weighted by molar-refractivity contribution is 0.0523. The number of nitrogens with one attached hydrogen (secondary N) is 1. The maximum atomic E-state index is 11.0. The van der Waals surface area contributed by atoms with E-state index in [-0.39, 0.29) is 12.2 Å². The van der Waals surface area contributed by atoms with Crippen molar-refractivity contribution in [3.8, 4) is 0 Å². The smallest absolute Gasteiger partial charge is 0.345 e. The Morgan fingerprint density at radius 3 is 3.08 bits per heavy atom. The number of hydrogen-bond acceptors (Lipinski definition) is 5. The molecule has 0 saturated carbocycles. The Hall–Kier alpha value is -1.72. The molecule has 6 nitrogen and oxygen atoms in total. The summed E-state index contributed by atoms with van der Waals surface area (Å²) in [6, 6.07) is 0. The standard InChI is InChI=1S/C6H7N3O3/c1-2-12-6(11)4-3-7-9-8-5(4)10/h3H,2H2,1H3,(H,7,8,10). The fourth-order valence-corrected chi connectivity index (χ4v) is 0.634. The van der Waals surface area contributed by atoms with E-state index in [1.54, 1.807) is 6.92 Å². The average molecular weight is 169 g/mol. The molecule has 0 radical (unpaired) electrons. The van der Waals surface area contributed by atoms with Crippen molar-refractivity contribution in [2.24, 2.45) is 0 Å². The van der Waals surface area contributed by atoms with Crippen molar-refractivity contribution in [3.05, 3.63) is 22.1 Å². The number of hydrogen-bond donors (Lipinski definition) is 1. The molecule has 0 atom stereocenters. The monoisotopic (exact) mass is 169 g/mol. The number of nitrogens with zero attached hydrogens (tertiary/aromatic N) is 2. The molecule has 0 aliphatic heterocycles. The van der Waals surface area contributed by atoms with Gasteiger partial charge in [-0.3, -0.25) is 4.79 Å². The second kappa shape index (κ2) is 3.61. The normalized spacial score (nSPS) is 9.42. The van der Waals surface area contributed by atoms with Crippen LogP contribution in [-0.2, 0) is 4.74 Å². The van der Waals surface area contributed by atoms with E-state index in [0.29, 0.717) is 0 Å². The molecular weight excluding hydrogens is 162 g/mol. The molecule has 0 bridgehead atoms. The highest BCUT2D eigenvalue weighted by atomic mass is 16.5. The molecule has 1 aromatic heterocycles. The zero-order valence-electron chi connectivity index (χ0n) is 6.40. The number of H-pyrrole nitrogens is 1. The van der Waals surface area contributed by atoms with Crippen molar-refractivity contribution in [2.45, 2.75) is 6.92 Å². The summed E-state index contributed by atoms with van der Waals surface area (Å²) < 4.78 is 4.58. The summed E-state index contributed by atoms with van der Waals surface area (Å²) in [6.45, 7) is 1.88. The summed E-state index contributed by atoms with van der Waals surface area (Å²) in [4.78, 5) is 21.8. The van der Waals surface area contributed by atoms with Crippen LogP contribution < -0.4 is 5.56 Å². The fourth-order valence-electron chi connectivity index (χ4n) is 0.634. The van der Waals surface area contributed by atoms with Gasteiger partial charge in [0.25, 0.3) is 5.56 Å². The first-order valence-corrected chi connectivity index (χ1v) is 3.33. The maximum absolute atomic E-state index is 11.0. The molecule has 1 N–H and O–H groups in total. The zero-order chi connectivity index (χ0) is 8.97. The average Bonchev–Trinajstić information content (AvgIpc) is 2.05. The molecule has 0 amide bonds. The van der Waals surface area contributed by atoms with E-state index >= 15 is 0 Å². The number of esters is 1. The molecule has 0 saturated heterocycles. The quantitative estimate of drug-likeness (QED) is 0.594. The van der Waals surface area contributed by atoms with E-state index in [1.165, 1.54) is 0 Å². The molecule has 0 spiro atoms. The van der Waals surface area contributed by atoms with Gasteiger partial charge in [0.05, 0.1) is 12.8 Å². The van der Waals surface area contributed by atoms with Crippen LogP contribution in [0.15, 0.2) is 11.0 Å². The third-order valence-corrected chi connectivity index (χ3v) is 1.14. The third-order valence-electron chi connectivity index (χ3n) is 1.14. The first-order chi connectivity index (χ1) is 5.75. The van der Waals surface area contributed by atoms with Gasteiger partial charge in [-0.25, -0.2) is 9.89 Å². The molecule has 6 heteroatoms. The van der Waals surface area contributed by atoms with Gasteiger partial charge in [0.15, 0.2) is 0 Å². The number of ether oxygens (including phenoxy) is 1. The number of carbonyl (C=O) groups excluding carboxylic acids is 1. The number of aromatic nitrogens is 3. The molecule has 0 aliphatic rings. The Kier molecular flexibility index (Phi) is 2.52. The summed E-state index contributed by atoms with van der Waals surface area (Å²) in [5.74, 6) is -0.686. The van der Waals surface area contributed by atoms with Crippen molar-refractivity contribution >= 4 is 5.97 Å². The van der Waals surface area contributed by atoms with Crippen molar-refractivity contribution in [3.63, 3.8) is 0 Å². The minimum absolute atomic E-state index is 0.133. The summed E-state index contributed by atoms with van der Waals surface area (Å²) in [5, 5.41) is 8.56. The second-order valence-electron chi connectivity index (χ2n) is 1.92. The second-order valence-corrected chi connectivity index (χ2v) is 1.92. The van der Waals surface area contributed by atoms with Gasteiger partial charge in [0.2, 0.25) is 0 Å². The van der Waals surface area contributed by atoms with Crippen LogP contribution in [0.2, 0.25) is 0 Å². The Balaban J connectivity index is 2.95. The van der Waals surface area contributed by atoms with Gasteiger partial charge in [-0.2, -0.15) is 0 Å². The SMILES string of the molecule is CCOC(=O)c1cnn[nH]c1=O. The molecule has 1 aromatic rings. The molecule has 12 heavy (non-hydrogen) atoms. The van der Waals surface area contributed by atoms with Crippen LogP contribution in [0.3, 0.4) is 0 Å². The van der Waals surface area contributed by atoms with Gasteiger partial charge in [0, 0.05) is 0 Å². The lowest BCUT2D eigenvalue weighted by Gasteiger charge is -1.97. The van der Waals surface area contributed by atoms with Gasteiger partial charge in [0.1, 0.15) is 5.56 Å². The van der Waals surface area contributed by atoms with Gasteiger partial charge in [-0.15, -0.1) is 5.10 Å². The van der Waals surface area contributed by atoms with Gasteiger partial charge >= 0.3 is 5.97 Å². The fraction of sp³-hybridized carbons (Fsp3) is 0.333. The van der Waals surface area contributed by atoms with Crippen LogP contribution in [-0.4, -0.2) is 28.0 Å². The van der Waals surface area contributed by atoms with Crippen LogP contribution in [0.25, 0.3) is 0 Å². The minimum atomic E-state index is -0.686. The van der Waals surface area contributed by atoms with Crippen LogP contribution in [0, 0.1) is 0 Å². The number of aromatic amines is 1. The molecule has 1 heterocycles. The Labute approximate surface area is 67.6 Å². The largest absolute Gasteiger partial charge is 0.462 e. The summed E-state index contributed by atoms with van der Waals surface area (Å²) >= 11 is 0. The Morgan fingerprint density at radius 1 is 1.75 bits per heavy atom. The first-order valence-electron chi connectivity index (χ1n) is 3.33. The van der Waals surface area contributed by atoms with E-state index in [2.05, 4.69) is 15.0 Å². The number of rotatable bonds is 2. The van der Waals surface area contributed by atoms with E-state index in [9.17, 15) is 9.59 Å². The summed E-state index contributed by atoms with van der Waals surface area (Å²) in [5.41, 5.74) is -0.727. The van der Waals surface area contributed by atoms with Crippen molar-refractivity contribution < 1.29 is 9.53 Å². The highest BCUT2D eigenvalue weighted by molar-refractivity contribution is 5.88. The van der Waals surface area contributed by atoms with Crippen molar-refractivity contribution in [1.29, 1.82) is 0 Å². The molecule has 0 fully saturated rings. The molecule has 1 rings (SSSR count). The Bertz CT molecular complexity index is 333. The number of carbonyl (C=O) groups is 1. The van der Waals surface area contributed by atoms with Crippen LogP contribution in [0.5, 0.6) is 0 Å². The molecule has 64 valence electrons. The third kappa shape index (κ3) is 1.66. The maximum Gasteiger partial charge on any atom is 0.345 e. The van der Waals surface area contributed by atoms with Crippen molar-refractivity contribution in [2.75, 3.05) is 6.61 Å². The summed E-state index contributed by atoms with van der Waals surface area (Å²) in [6.07, 6.45) is 1.07. The molecular formula is C6H7N3O3. The molecule has 0 aliphatic carbocycles. The van der Waals surface area contributed by atoms with Gasteiger partial charge in [-0.05, 0) is 6.92 Å². The topological polar surface area (TPSA) is 84.9 Å². The lowest BCUT2D eigenvalue weighted by Crippen LogP contribution is -2.21. The zero-order valence-corrected chi connectivity index (χ0v) is 6.40. The first kappa shape index (κ1) is 8.38. The highest BCUT2D eigenvalue weighted by Crippen LogP contribution is 1.89. The van der Waals surface area contributed by atoms with Crippen LogP contribution in [0.1, 0.15) is 17.3 Å². The van der Waals surface area contributed by atoms with Gasteiger partial charge in [-0.1, -0.05) is 5.21 Å². The van der Waals surface area contributed by atoms with Crippen LogP contribution in [0.4, 0.5) is 0 Å². The summed E-state index contributed by atoms with van der Waals surface area (Å²) in [7, 11) is 0. The molecule has 0 aromatic carbocycles. The van der Waals surface area contributed by atoms with Crippen molar-refractivity contribution in [1.82, 2.24) is 15.4 Å². The molecule has 0 unspecified atom stereocenters. The van der Waals surface area contributed by atoms with Gasteiger partial charge < -0.3 is 4.74 Å². The minimum Gasteiger partial charge on any atom is -0.462 e. The van der Waals surface area contributed by atoms with E-state index < -0.39 is 11.5 Å². The van der Waals surface area contributed by atoms with E-state index in [1.807, 2.05) is 5.10 Å². The predicted molar refractivity (Wildman–Crippen MR) is 38.6 cm³/mol. The predicted octanol–water partition coefficient (Wildman–Crippen LogP) is -0.658. The van der Waals surface area contributed by atoms with Crippen LogP contribution >= 0.6 is 0 Å². The highest BCUT2D eigenvalue weighted by Gasteiger charge is 2.10. The van der Waals surface area contributed by atoms with E-state index in [0.717, 1.165) is 6.20 Å². The van der Waals surface area contributed by atoms with E-state index in [4.69, 9.17) is 0 Å². The Morgan fingerprint density at radius 2 is 2.50 bits per heavy atom. The lowest BCUT2D eigenvalue weighted by atomic mass is 10.3.